The highest BCUT2D eigenvalue weighted by Crippen LogP contribution is 2.43. The molecule has 0 aromatic carbocycles. The van der Waals surface area contributed by atoms with Crippen molar-refractivity contribution in [3.8, 4) is 0 Å². The Morgan fingerprint density at radius 1 is 1.11 bits per heavy atom. The van der Waals surface area contributed by atoms with Gasteiger partial charge in [0.15, 0.2) is 12.1 Å². The quantitative estimate of drug-likeness (QED) is 0.620. The minimum absolute atomic E-state index is 0.0337. The van der Waals surface area contributed by atoms with E-state index in [9.17, 15) is 0 Å². The molecule has 0 unspecified atom stereocenters. The molecule has 0 aliphatic carbocycles. The van der Waals surface area contributed by atoms with Crippen molar-refractivity contribution in [1.29, 1.82) is 0 Å². The third-order valence-electron chi connectivity index (χ3n) is 4.17. The van der Waals surface area contributed by atoms with Crippen molar-refractivity contribution in [1.82, 2.24) is 5.06 Å². The fourth-order valence-corrected chi connectivity index (χ4v) is 3.44. The zero-order valence-corrected chi connectivity index (χ0v) is 10.9. The first-order chi connectivity index (χ1) is 8.53. The summed E-state index contributed by atoms with van der Waals surface area (Å²) in [5.41, 5.74) is 0. The Labute approximate surface area is 106 Å². The van der Waals surface area contributed by atoms with Crippen LogP contribution in [0.5, 0.6) is 0 Å². The number of ether oxygens (including phenoxy) is 4. The van der Waals surface area contributed by atoms with E-state index in [0.717, 1.165) is 6.42 Å². The summed E-state index contributed by atoms with van der Waals surface area (Å²) in [4.78, 5) is 5.68. The first-order valence-corrected chi connectivity index (χ1v) is 6.56. The van der Waals surface area contributed by atoms with E-state index in [4.69, 9.17) is 23.8 Å². The van der Waals surface area contributed by atoms with Crippen molar-refractivity contribution < 1.29 is 23.8 Å². The van der Waals surface area contributed by atoms with Crippen LogP contribution in [-0.4, -0.2) is 61.3 Å². The lowest BCUT2D eigenvalue weighted by molar-refractivity contribution is -0.249. The SMILES string of the molecule is CN1O[C@H]2CO[C@H]3[C@H]4OC(C)(C)O[C@H]4O[C@@H]3[C@@H]1C2. The Balaban J connectivity index is 1.60. The highest BCUT2D eigenvalue weighted by molar-refractivity contribution is 5.02. The minimum atomic E-state index is -0.586. The highest BCUT2D eigenvalue weighted by Gasteiger charge is 2.60. The van der Waals surface area contributed by atoms with Gasteiger partial charge in [-0.15, -0.1) is 0 Å². The zero-order chi connectivity index (χ0) is 12.5. The molecule has 4 saturated heterocycles. The molecule has 102 valence electrons. The monoisotopic (exact) mass is 257 g/mol. The number of nitrogens with zero attached hydrogens (tertiary/aromatic N) is 1. The van der Waals surface area contributed by atoms with Gasteiger partial charge in [0.1, 0.15) is 24.4 Å². The van der Waals surface area contributed by atoms with Gasteiger partial charge in [-0.3, -0.25) is 4.84 Å². The van der Waals surface area contributed by atoms with Gasteiger partial charge in [0.05, 0.1) is 12.6 Å². The van der Waals surface area contributed by atoms with Crippen LogP contribution < -0.4 is 0 Å². The molecule has 0 N–H and O–H groups in total. The number of hydroxylamine groups is 2. The molecular weight excluding hydrogens is 238 g/mol. The van der Waals surface area contributed by atoms with Crippen molar-refractivity contribution in [3.05, 3.63) is 0 Å². The van der Waals surface area contributed by atoms with Crippen LogP contribution in [0.1, 0.15) is 20.3 Å². The smallest absolute Gasteiger partial charge is 0.190 e. The summed E-state index contributed by atoms with van der Waals surface area (Å²) in [6, 6.07) is 0.225. The zero-order valence-electron chi connectivity index (χ0n) is 10.9. The predicted octanol–water partition coefficient (Wildman–Crippen LogP) is 0.266. The van der Waals surface area contributed by atoms with E-state index in [1.165, 1.54) is 0 Å². The van der Waals surface area contributed by atoms with E-state index < -0.39 is 5.79 Å². The molecular formula is C12H19NO5. The Hall–Kier alpha value is -0.240. The third-order valence-corrected chi connectivity index (χ3v) is 4.17. The molecule has 4 aliphatic heterocycles. The molecule has 0 saturated carbocycles. The topological polar surface area (TPSA) is 49.4 Å². The second-order valence-corrected chi connectivity index (χ2v) is 5.94. The Morgan fingerprint density at radius 2 is 1.94 bits per heavy atom. The van der Waals surface area contributed by atoms with Crippen LogP contribution in [0.15, 0.2) is 0 Å². The van der Waals surface area contributed by atoms with Crippen LogP contribution in [0, 0.1) is 0 Å². The molecule has 0 aromatic heterocycles. The lowest BCUT2D eigenvalue weighted by Crippen LogP contribution is -2.46. The Bertz CT molecular complexity index is 362. The number of likely N-dealkylation sites (N-methyl/N-ethyl adjacent to an activating group) is 1. The van der Waals surface area contributed by atoms with Crippen molar-refractivity contribution in [3.63, 3.8) is 0 Å². The molecule has 6 heteroatoms. The molecule has 6 atom stereocenters. The fraction of sp³-hybridized carbons (Fsp3) is 1.00. The fourth-order valence-electron chi connectivity index (χ4n) is 3.44. The predicted molar refractivity (Wildman–Crippen MR) is 59.5 cm³/mol. The molecule has 4 fully saturated rings. The summed E-state index contributed by atoms with van der Waals surface area (Å²) < 4.78 is 23.6. The largest absolute Gasteiger partial charge is 0.370 e. The van der Waals surface area contributed by atoms with Gasteiger partial charge in [-0.1, -0.05) is 0 Å². The van der Waals surface area contributed by atoms with E-state index in [-0.39, 0.29) is 36.7 Å². The molecule has 4 heterocycles. The summed E-state index contributed by atoms with van der Waals surface area (Å²) >= 11 is 0. The molecule has 18 heavy (non-hydrogen) atoms. The van der Waals surface area contributed by atoms with Gasteiger partial charge in [-0.25, -0.2) is 0 Å². The van der Waals surface area contributed by atoms with Gasteiger partial charge in [0.2, 0.25) is 0 Å². The number of hydrogen-bond donors (Lipinski definition) is 0. The van der Waals surface area contributed by atoms with Crippen LogP contribution in [0.25, 0.3) is 0 Å². The van der Waals surface area contributed by atoms with E-state index >= 15 is 0 Å². The number of hydrogen-bond acceptors (Lipinski definition) is 6. The van der Waals surface area contributed by atoms with E-state index in [1.807, 2.05) is 26.0 Å². The number of rotatable bonds is 0. The van der Waals surface area contributed by atoms with E-state index in [1.54, 1.807) is 0 Å². The minimum Gasteiger partial charge on any atom is -0.370 e. The van der Waals surface area contributed by atoms with Gasteiger partial charge in [0, 0.05) is 7.05 Å². The van der Waals surface area contributed by atoms with E-state index in [2.05, 4.69) is 0 Å². The third kappa shape index (κ3) is 1.57. The maximum atomic E-state index is 6.01. The first-order valence-electron chi connectivity index (χ1n) is 6.56. The molecule has 0 amide bonds. The summed E-state index contributed by atoms with van der Waals surface area (Å²) in [6.45, 7) is 4.40. The second kappa shape index (κ2) is 3.65. The van der Waals surface area contributed by atoms with Gasteiger partial charge < -0.3 is 18.9 Å². The molecule has 0 spiro atoms. The Morgan fingerprint density at radius 3 is 2.78 bits per heavy atom. The second-order valence-electron chi connectivity index (χ2n) is 5.94. The van der Waals surface area contributed by atoms with Gasteiger partial charge >= 0.3 is 0 Å². The maximum Gasteiger partial charge on any atom is 0.190 e. The van der Waals surface area contributed by atoms with Crippen molar-refractivity contribution in [2.75, 3.05) is 13.7 Å². The summed E-state index contributed by atoms with van der Waals surface area (Å²) in [5, 5.41) is 1.90. The van der Waals surface area contributed by atoms with Crippen LogP contribution in [0.4, 0.5) is 0 Å². The average Bonchev–Trinajstić information content (AvgIpc) is 2.81. The van der Waals surface area contributed by atoms with Gasteiger partial charge in [0.25, 0.3) is 0 Å². The molecule has 0 radical (unpaired) electrons. The molecule has 2 bridgehead atoms. The van der Waals surface area contributed by atoms with Gasteiger partial charge in [-0.2, -0.15) is 5.06 Å². The van der Waals surface area contributed by atoms with Crippen LogP contribution >= 0.6 is 0 Å². The van der Waals surface area contributed by atoms with E-state index in [0.29, 0.717) is 6.61 Å². The molecule has 4 aliphatic rings. The molecule has 6 nitrogen and oxygen atoms in total. The number of fused-ring (bicyclic) bond motifs is 6. The maximum absolute atomic E-state index is 6.01. The van der Waals surface area contributed by atoms with Crippen LogP contribution in [0.3, 0.4) is 0 Å². The first kappa shape index (κ1) is 11.6. The summed E-state index contributed by atoms with van der Waals surface area (Å²) in [6.07, 6.45) is 0.550. The van der Waals surface area contributed by atoms with Crippen molar-refractivity contribution >= 4 is 0 Å². The van der Waals surface area contributed by atoms with Crippen LogP contribution in [-0.2, 0) is 23.8 Å². The molecule has 0 aromatic rings. The molecule has 4 rings (SSSR count). The Kier molecular flexibility index (Phi) is 2.35. The summed E-state index contributed by atoms with van der Waals surface area (Å²) in [7, 11) is 1.95. The van der Waals surface area contributed by atoms with Crippen molar-refractivity contribution in [2.24, 2.45) is 0 Å². The average molecular weight is 257 g/mol. The van der Waals surface area contributed by atoms with Crippen LogP contribution in [0.2, 0.25) is 0 Å². The summed E-state index contributed by atoms with van der Waals surface area (Å²) in [5.74, 6) is -0.586. The van der Waals surface area contributed by atoms with Gasteiger partial charge in [-0.05, 0) is 20.3 Å². The van der Waals surface area contributed by atoms with Crippen molar-refractivity contribution in [2.45, 2.75) is 62.8 Å². The highest BCUT2D eigenvalue weighted by atomic mass is 16.8. The lowest BCUT2D eigenvalue weighted by Gasteiger charge is -2.31. The normalized spacial score (nSPS) is 54.2. The standard InChI is InChI=1S/C12H19NO5/c1-12(2)16-10-9-8(15-11(10)17-12)7-4-6(5-14-9)18-13(7)3/h6-11H,4-5H2,1-3H3/t6-,7+,8-,9-,10-,11-/m1/s1. The lowest BCUT2D eigenvalue weighted by atomic mass is 10.0.